The molecule has 1 aromatic heterocycles. The van der Waals surface area contributed by atoms with Crippen LogP contribution in [-0.4, -0.2) is 36.8 Å². The van der Waals surface area contributed by atoms with Crippen LogP contribution in [-0.2, 0) is 12.3 Å². The molecule has 6 heteroatoms. The van der Waals surface area contributed by atoms with Crippen LogP contribution >= 0.6 is 11.8 Å². The van der Waals surface area contributed by atoms with Gasteiger partial charge in [-0.25, -0.2) is 0 Å². The van der Waals surface area contributed by atoms with Gasteiger partial charge in [-0.05, 0) is 38.1 Å². The van der Waals surface area contributed by atoms with Crippen molar-refractivity contribution in [3.8, 4) is 0 Å². The first kappa shape index (κ1) is 14.8. The molecule has 1 fully saturated rings. The molecule has 1 saturated heterocycles. The molecular formula is C13H20F2N2OS. The molecule has 0 atom stereocenters. The van der Waals surface area contributed by atoms with Crippen LogP contribution < -0.4 is 5.32 Å². The Hall–Kier alpha value is -0.590. The molecule has 3 nitrogen and oxygen atoms in total. The standard InChI is InChI=1S/C13H20F2N2OS/c14-13(15)19-10-12-4-3-11(18-12)9-16-5-8-17-6-1-2-7-17/h3-4,13,16H,1-2,5-10H2. The summed E-state index contributed by atoms with van der Waals surface area (Å²) in [6.45, 7) is 5.07. The van der Waals surface area contributed by atoms with Crippen LogP contribution in [0.4, 0.5) is 8.78 Å². The maximum absolute atomic E-state index is 12.0. The van der Waals surface area contributed by atoms with E-state index in [1.165, 1.54) is 25.9 Å². The van der Waals surface area contributed by atoms with Crippen molar-refractivity contribution in [1.82, 2.24) is 10.2 Å². The molecular weight excluding hydrogens is 270 g/mol. The van der Waals surface area contributed by atoms with Crippen LogP contribution in [0, 0.1) is 0 Å². The van der Waals surface area contributed by atoms with E-state index in [1.54, 1.807) is 6.07 Å². The Morgan fingerprint density at radius 2 is 2.00 bits per heavy atom. The SMILES string of the molecule is FC(F)SCc1ccc(CNCCN2CCCC2)o1. The molecule has 0 spiro atoms. The average molecular weight is 290 g/mol. The minimum Gasteiger partial charge on any atom is -0.464 e. The van der Waals surface area contributed by atoms with Crippen molar-refractivity contribution < 1.29 is 13.2 Å². The Balaban J connectivity index is 1.60. The van der Waals surface area contributed by atoms with Gasteiger partial charge in [0.05, 0.1) is 12.3 Å². The molecule has 2 heterocycles. The topological polar surface area (TPSA) is 28.4 Å². The molecule has 0 saturated carbocycles. The highest BCUT2D eigenvalue weighted by Gasteiger charge is 2.10. The number of halogens is 2. The molecule has 1 aromatic rings. The fourth-order valence-corrected chi connectivity index (χ4v) is 2.64. The molecule has 0 aliphatic carbocycles. The Morgan fingerprint density at radius 1 is 1.26 bits per heavy atom. The minimum atomic E-state index is -2.34. The second-order valence-corrected chi connectivity index (χ2v) is 5.64. The summed E-state index contributed by atoms with van der Waals surface area (Å²) in [6, 6.07) is 3.62. The number of likely N-dealkylation sites (tertiary alicyclic amines) is 1. The highest BCUT2D eigenvalue weighted by atomic mass is 32.2. The second-order valence-electron chi connectivity index (χ2n) is 4.67. The molecule has 19 heavy (non-hydrogen) atoms. The van der Waals surface area contributed by atoms with Gasteiger partial charge in [0, 0.05) is 13.1 Å². The third-order valence-corrected chi connectivity index (χ3v) is 3.87. The summed E-state index contributed by atoms with van der Waals surface area (Å²) < 4.78 is 29.5. The van der Waals surface area contributed by atoms with Crippen molar-refractivity contribution in [2.24, 2.45) is 0 Å². The number of alkyl halides is 2. The Morgan fingerprint density at radius 3 is 2.74 bits per heavy atom. The van der Waals surface area contributed by atoms with Gasteiger partial charge in [0.2, 0.25) is 0 Å². The molecule has 108 valence electrons. The number of hydrogen-bond acceptors (Lipinski definition) is 4. The highest BCUT2D eigenvalue weighted by molar-refractivity contribution is 7.98. The van der Waals surface area contributed by atoms with Gasteiger partial charge in [-0.1, -0.05) is 11.8 Å². The summed E-state index contributed by atoms with van der Waals surface area (Å²) in [5.74, 6) is -0.689. The maximum atomic E-state index is 12.0. The van der Waals surface area contributed by atoms with E-state index in [0.717, 1.165) is 18.8 Å². The summed E-state index contributed by atoms with van der Waals surface area (Å²) in [5.41, 5.74) is 0. The number of hydrogen-bond donors (Lipinski definition) is 1. The van der Waals surface area contributed by atoms with Crippen molar-refractivity contribution in [3.05, 3.63) is 23.7 Å². The summed E-state index contributed by atoms with van der Waals surface area (Å²) in [4.78, 5) is 2.44. The molecule has 0 amide bonds. The van der Waals surface area contributed by atoms with Crippen LogP contribution in [0.1, 0.15) is 24.4 Å². The van der Waals surface area contributed by atoms with Crippen LogP contribution in [0.5, 0.6) is 0 Å². The number of nitrogens with one attached hydrogen (secondary N) is 1. The summed E-state index contributed by atoms with van der Waals surface area (Å²) in [6.07, 6.45) is 2.62. The average Bonchev–Trinajstić information content (AvgIpc) is 3.04. The zero-order chi connectivity index (χ0) is 13.5. The summed E-state index contributed by atoms with van der Waals surface area (Å²) in [5, 5.41) is 3.32. The van der Waals surface area contributed by atoms with Gasteiger partial charge in [0.25, 0.3) is 5.76 Å². The summed E-state index contributed by atoms with van der Waals surface area (Å²) in [7, 11) is 0. The van der Waals surface area contributed by atoms with Gasteiger partial charge < -0.3 is 14.6 Å². The number of rotatable bonds is 8. The molecule has 0 unspecified atom stereocenters. The lowest BCUT2D eigenvalue weighted by molar-refractivity contribution is 0.251. The lowest BCUT2D eigenvalue weighted by Crippen LogP contribution is -2.29. The van der Waals surface area contributed by atoms with Gasteiger partial charge in [-0.2, -0.15) is 8.78 Å². The molecule has 0 bridgehead atoms. The van der Waals surface area contributed by atoms with Crippen molar-refractivity contribution in [2.45, 2.75) is 30.9 Å². The number of nitrogens with zero attached hydrogens (tertiary/aromatic N) is 1. The molecule has 2 rings (SSSR count). The molecule has 1 N–H and O–H groups in total. The van der Waals surface area contributed by atoms with Gasteiger partial charge in [0.1, 0.15) is 11.5 Å². The first-order chi connectivity index (χ1) is 9.24. The van der Waals surface area contributed by atoms with Crippen LogP contribution in [0.3, 0.4) is 0 Å². The van der Waals surface area contributed by atoms with Crippen LogP contribution in [0.2, 0.25) is 0 Å². The third-order valence-electron chi connectivity index (χ3n) is 3.17. The fourth-order valence-electron chi connectivity index (χ4n) is 2.20. The van der Waals surface area contributed by atoms with Crippen molar-refractivity contribution in [2.75, 3.05) is 26.2 Å². The van der Waals surface area contributed by atoms with Gasteiger partial charge in [0.15, 0.2) is 0 Å². The van der Waals surface area contributed by atoms with Crippen molar-refractivity contribution in [3.63, 3.8) is 0 Å². The fraction of sp³-hybridized carbons (Fsp3) is 0.692. The van der Waals surface area contributed by atoms with Gasteiger partial charge in [-0.3, -0.25) is 0 Å². The predicted octanol–water partition coefficient (Wildman–Crippen LogP) is 2.92. The van der Waals surface area contributed by atoms with Gasteiger partial charge >= 0.3 is 0 Å². The van der Waals surface area contributed by atoms with Crippen molar-refractivity contribution >= 4 is 11.8 Å². The van der Waals surface area contributed by atoms with E-state index in [1.807, 2.05) is 6.07 Å². The number of thioether (sulfide) groups is 1. The van der Waals surface area contributed by atoms with Crippen LogP contribution in [0.25, 0.3) is 0 Å². The van der Waals surface area contributed by atoms with Crippen molar-refractivity contribution in [1.29, 1.82) is 0 Å². The normalized spacial score (nSPS) is 16.6. The third kappa shape index (κ3) is 5.50. The molecule has 1 aliphatic rings. The predicted molar refractivity (Wildman–Crippen MR) is 73.4 cm³/mol. The summed E-state index contributed by atoms with van der Waals surface area (Å²) >= 11 is 0.589. The monoisotopic (exact) mass is 290 g/mol. The quantitative estimate of drug-likeness (QED) is 0.745. The zero-order valence-electron chi connectivity index (χ0n) is 10.9. The minimum absolute atomic E-state index is 0.228. The second kappa shape index (κ2) is 7.87. The molecule has 0 radical (unpaired) electrons. The van der Waals surface area contributed by atoms with E-state index in [2.05, 4.69) is 10.2 Å². The largest absolute Gasteiger partial charge is 0.464 e. The highest BCUT2D eigenvalue weighted by Crippen LogP contribution is 2.21. The molecule has 0 aromatic carbocycles. The smallest absolute Gasteiger partial charge is 0.284 e. The van der Waals surface area contributed by atoms with E-state index in [9.17, 15) is 8.78 Å². The molecule has 1 aliphatic heterocycles. The van der Waals surface area contributed by atoms with E-state index in [4.69, 9.17) is 4.42 Å². The Kier molecular flexibility index (Phi) is 6.13. The first-order valence-corrected chi connectivity index (χ1v) is 7.69. The van der Waals surface area contributed by atoms with Crippen LogP contribution in [0.15, 0.2) is 16.5 Å². The lowest BCUT2D eigenvalue weighted by atomic mass is 10.4. The van der Waals surface area contributed by atoms with E-state index >= 15 is 0 Å². The Labute approximate surface area is 116 Å². The van der Waals surface area contributed by atoms with E-state index < -0.39 is 5.76 Å². The van der Waals surface area contributed by atoms with E-state index in [0.29, 0.717) is 24.1 Å². The van der Waals surface area contributed by atoms with E-state index in [-0.39, 0.29) is 5.75 Å². The zero-order valence-corrected chi connectivity index (χ0v) is 11.7. The maximum Gasteiger partial charge on any atom is 0.284 e. The first-order valence-electron chi connectivity index (χ1n) is 6.64. The Bertz CT molecular complexity index is 367. The number of furan rings is 1. The van der Waals surface area contributed by atoms with Gasteiger partial charge in [-0.15, -0.1) is 0 Å². The lowest BCUT2D eigenvalue weighted by Gasteiger charge is -2.14.